The van der Waals surface area contributed by atoms with Crippen LogP contribution in [0.4, 0.5) is 0 Å². The van der Waals surface area contributed by atoms with E-state index >= 15 is 0 Å². The lowest BCUT2D eigenvalue weighted by molar-refractivity contribution is -0.121. The van der Waals surface area contributed by atoms with Crippen molar-refractivity contribution in [2.24, 2.45) is 0 Å². The van der Waals surface area contributed by atoms with E-state index in [1.54, 1.807) is 26.2 Å². The van der Waals surface area contributed by atoms with Crippen LogP contribution in [0.25, 0.3) is 0 Å². The van der Waals surface area contributed by atoms with Crippen molar-refractivity contribution >= 4 is 27.5 Å². The Bertz CT molecular complexity index is 649. The van der Waals surface area contributed by atoms with Crippen LogP contribution in [0, 0.1) is 0 Å². The molecule has 0 unspecified atom stereocenters. The highest BCUT2D eigenvalue weighted by Crippen LogP contribution is 2.25. The Balaban J connectivity index is 2.31. The number of nitrogens with zero attached hydrogens (tertiary/aromatic N) is 1. The first-order chi connectivity index (χ1) is 11.3. The Morgan fingerprint density at radius 2 is 2.08 bits per heavy atom. The summed E-state index contributed by atoms with van der Waals surface area (Å²) in [6.45, 7) is 3.09. The maximum absolute atomic E-state index is 11.8. The molecule has 0 radical (unpaired) electrons. The number of amides is 1. The second-order valence-electron chi connectivity index (χ2n) is 5.43. The van der Waals surface area contributed by atoms with Crippen LogP contribution in [0.15, 0.2) is 18.2 Å². The van der Waals surface area contributed by atoms with Gasteiger partial charge in [-0.2, -0.15) is 0 Å². The minimum Gasteiger partial charge on any atom is -0.495 e. The predicted octanol–water partition coefficient (Wildman–Crippen LogP) is 2.07. The maximum atomic E-state index is 11.8. The fraction of sp³-hybridized carbons (Fsp3) is 0.562. The van der Waals surface area contributed by atoms with Crippen molar-refractivity contribution in [2.75, 3.05) is 33.0 Å². The fourth-order valence-corrected chi connectivity index (χ4v) is 3.46. The van der Waals surface area contributed by atoms with Gasteiger partial charge in [-0.3, -0.25) is 4.79 Å². The number of methoxy groups -OCH3 is 1. The third kappa shape index (κ3) is 7.07. The molecule has 0 bridgehead atoms. The van der Waals surface area contributed by atoms with Crippen molar-refractivity contribution in [3.05, 3.63) is 28.8 Å². The van der Waals surface area contributed by atoms with Gasteiger partial charge in [0.25, 0.3) is 0 Å². The summed E-state index contributed by atoms with van der Waals surface area (Å²) in [5, 5.41) is 3.33. The molecule has 0 saturated carbocycles. The summed E-state index contributed by atoms with van der Waals surface area (Å²) >= 11 is 6.05. The molecule has 1 aromatic rings. The van der Waals surface area contributed by atoms with Crippen LogP contribution in [-0.4, -0.2) is 51.6 Å². The van der Waals surface area contributed by atoms with Crippen LogP contribution in [0.2, 0.25) is 5.02 Å². The zero-order valence-corrected chi connectivity index (χ0v) is 15.9. The lowest BCUT2D eigenvalue weighted by Gasteiger charge is -2.17. The van der Waals surface area contributed by atoms with Crippen molar-refractivity contribution in [2.45, 2.75) is 26.2 Å². The zero-order chi connectivity index (χ0) is 18.2. The quantitative estimate of drug-likeness (QED) is 0.634. The second-order valence-corrected chi connectivity index (χ2v) is 7.82. The van der Waals surface area contributed by atoms with E-state index in [4.69, 9.17) is 16.3 Å². The number of rotatable bonds is 10. The van der Waals surface area contributed by atoms with Gasteiger partial charge in [-0.25, -0.2) is 12.7 Å². The lowest BCUT2D eigenvalue weighted by Crippen LogP contribution is -2.33. The van der Waals surface area contributed by atoms with E-state index in [0.29, 0.717) is 49.7 Å². The van der Waals surface area contributed by atoms with Gasteiger partial charge in [0.05, 0.1) is 18.4 Å². The Morgan fingerprint density at radius 3 is 2.62 bits per heavy atom. The molecule has 0 aliphatic carbocycles. The minimum absolute atomic E-state index is 0.0654. The molecule has 0 fully saturated rings. The van der Waals surface area contributed by atoms with Crippen LogP contribution in [0.5, 0.6) is 5.75 Å². The monoisotopic (exact) mass is 376 g/mol. The lowest BCUT2D eigenvalue weighted by atomic mass is 10.1. The molecule has 136 valence electrons. The third-order valence-electron chi connectivity index (χ3n) is 3.59. The minimum atomic E-state index is -3.17. The number of carbonyl (C=O) groups is 1. The van der Waals surface area contributed by atoms with E-state index in [-0.39, 0.29) is 5.91 Å². The Morgan fingerprint density at radius 1 is 1.38 bits per heavy atom. The van der Waals surface area contributed by atoms with Gasteiger partial charge in [0.2, 0.25) is 15.9 Å². The number of halogens is 1. The molecule has 0 aliphatic rings. The zero-order valence-electron chi connectivity index (χ0n) is 14.3. The first-order valence-corrected chi connectivity index (χ1v) is 10.0. The van der Waals surface area contributed by atoms with Crippen LogP contribution < -0.4 is 10.1 Å². The van der Waals surface area contributed by atoms with Crippen LogP contribution in [-0.2, 0) is 21.2 Å². The van der Waals surface area contributed by atoms with E-state index < -0.39 is 10.0 Å². The van der Waals surface area contributed by atoms with E-state index in [1.807, 2.05) is 6.07 Å². The van der Waals surface area contributed by atoms with E-state index in [1.165, 1.54) is 10.6 Å². The van der Waals surface area contributed by atoms with Gasteiger partial charge in [-0.15, -0.1) is 0 Å². The summed E-state index contributed by atoms with van der Waals surface area (Å²) in [5.74, 6) is 0.542. The SMILES string of the molecule is CCN(CCCNC(=O)CCc1ccc(OC)c(Cl)c1)S(C)(=O)=O. The van der Waals surface area contributed by atoms with Crippen molar-refractivity contribution in [1.82, 2.24) is 9.62 Å². The molecule has 8 heteroatoms. The van der Waals surface area contributed by atoms with E-state index in [9.17, 15) is 13.2 Å². The molecule has 0 spiro atoms. The predicted molar refractivity (Wildman–Crippen MR) is 96.0 cm³/mol. The van der Waals surface area contributed by atoms with Crippen LogP contribution in [0.3, 0.4) is 0 Å². The first kappa shape index (κ1) is 20.7. The highest BCUT2D eigenvalue weighted by atomic mass is 35.5. The van der Waals surface area contributed by atoms with Gasteiger partial charge in [0, 0.05) is 26.1 Å². The summed E-state index contributed by atoms with van der Waals surface area (Å²) in [7, 11) is -1.62. The smallest absolute Gasteiger partial charge is 0.220 e. The van der Waals surface area contributed by atoms with Crippen molar-refractivity contribution in [3.63, 3.8) is 0 Å². The number of hydrogen-bond acceptors (Lipinski definition) is 4. The van der Waals surface area contributed by atoms with Gasteiger partial charge in [-0.1, -0.05) is 24.6 Å². The van der Waals surface area contributed by atoms with E-state index in [0.717, 1.165) is 5.56 Å². The molecular formula is C16H25ClN2O4S. The number of sulfonamides is 1. The van der Waals surface area contributed by atoms with Gasteiger partial charge >= 0.3 is 0 Å². The molecular weight excluding hydrogens is 352 g/mol. The molecule has 0 heterocycles. The average Bonchev–Trinajstić information content (AvgIpc) is 2.51. The number of aryl methyl sites for hydroxylation is 1. The number of hydrogen-bond donors (Lipinski definition) is 1. The molecule has 1 amide bonds. The Kier molecular flexibility index (Phi) is 8.52. The molecule has 0 saturated heterocycles. The number of nitrogens with one attached hydrogen (secondary N) is 1. The molecule has 0 aromatic heterocycles. The molecule has 24 heavy (non-hydrogen) atoms. The maximum Gasteiger partial charge on any atom is 0.220 e. The van der Waals surface area contributed by atoms with Gasteiger partial charge in [0.15, 0.2) is 0 Å². The highest BCUT2D eigenvalue weighted by Gasteiger charge is 2.13. The molecule has 6 nitrogen and oxygen atoms in total. The average molecular weight is 377 g/mol. The van der Waals surface area contributed by atoms with Crippen LogP contribution in [0.1, 0.15) is 25.3 Å². The number of ether oxygens (including phenoxy) is 1. The summed E-state index contributed by atoms with van der Waals surface area (Å²) in [4.78, 5) is 11.8. The van der Waals surface area contributed by atoms with Crippen LogP contribution >= 0.6 is 11.6 Å². The van der Waals surface area contributed by atoms with Crippen molar-refractivity contribution < 1.29 is 17.9 Å². The Labute approximate surface area is 149 Å². The largest absolute Gasteiger partial charge is 0.495 e. The molecule has 0 aliphatic heterocycles. The van der Waals surface area contributed by atoms with Gasteiger partial charge in [-0.05, 0) is 30.5 Å². The van der Waals surface area contributed by atoms with Crippen molar-refractivity contribution in [3.8, 4) is 5.75 Å². The molecule has 1 rings (SSSR count). The summed E-state index contributed by atoms with van der Waals surface area (Å²) in [6.07, 6.45) is 2.71. The fourth-order valence-electron chi connectivity index (χ4n) is 2.25. The van der Waals surface area contributed by atoms with Gasteiger partial charge < -0.3 is 10.1 Å². The van der Waals surface area contributed by atoms with E-state index in [2.05, 4.69) is 5.32 Å². The Hall–Kier alpha value is -1.31. The summed E-state index contributed by atoms with van der Waals surface area (Å²) in [5.41, 5.74) is 0.963. The topological polar surface area (TPSA) is 75.7 Å². The standard InChI is InChI=1S/C16H25ClN2O4S/c1-4-19(24(3,21)22)11-5-10-18-16(20)9-7-13-6-8-15(23-2)14(17)12-13/h6,8,12H,4-5,7,9-11H2,1-3H3,(H,18,20). The first-order valence-electron chi connectivity index (χ1n) is 7.82. The molecule has 1 N–H and O–H groups in total. The summed E-state index contributed by atoms with van der Waals surface area (Å²) < 4.78 is 29.4. The third-order valence-corrected chi connectivity index (χ3v) is 5.26. The second kappa shape index (κ2) is 9.86. The summed E-state index contributed by atoms with van der Waals surface area (Å²) in [6, 6.07) is 5.45. The van der Waals surface area contributed by atoms with Gasteiger partial charge in [0.1, 0.15) is 5.75 Å². The molecule has 0 atom stereocenters. The molecule has 1 aromatic carbocycles. The number of benzene rings is 1. The highest BCUT2D eigenvalue weighted by molar-refractivity contribution is 7.88. The normalized spacial score (nSPS) is 11.5. The number of carbonyl (C=O) groups excluding carboxylic acids is 1. The van der Waals surface area contributed by atoms with Crippen molar-refractivity contribution in [1.29, 1.82) is 0 Å².